The lowest BCUT2D eigenvalue weighted by Gasteiger charge is -2.06. The number of nitrogens with zero attached hydrogens (tertiary/aromatic N) is 1. The molecule has 0 spiro atoms. The normalized spacial score (nSPS) is 13.1. The fraction of sp³-hybridized carbons (Fsp3) is 0.700. The molecule has 1 N–H and O–H groups in total. The molecule has 4 heteroatoms. The van der Waals surface area contributed by atoms with E-state index in [1.807, 2.05) is 6.92 Å². The van der Waals surface area contributed by atoms with Crippen LogP contribution in [0.5, 0.6) is 0 Å². The first kappa shape index (κ1) is 12.0. The number of hydrogen-bond acceptors (Lipinski definition) is 3. The van der Waals surface area contributed by atoms with Gasteiger partial charge in [-0.05, 0) is 20.3 Å². The number of aromatic nitrogens is 1. The highest BCUT2D eigenvalue weighted by Gasteiger charge is 2.04. The first-order valence-electron chi connectivity index (χ1n) is 4.91. The second-order valence-electron chi connectivity index (χ2n) is 3.39. The van der Waals surface area contributed by atoms with Crippen LogP contribution in [0, 0.1) is 13.8 Å². The average Bonchev–Trinajstić information content (AvgIpc) is 2.46. The van der Waals surface area contributed by atoms with Crippen LogP contribution in [0.4, 0.5) is 0 Å². The Morgan fingerprint density at radius 1 is 1.50 bits per heavy atom. The highest BCUT2D eigenvalue weighted by atomic mass is 35.5. The van der Waals surface area contributed by atoms with E-state index in [0.717, 1.165) is 30.2 Å². The van der Waals surface area contributed by atoms with Crippen molar-refractivity contribution in [3.8, 4) is 0 Å². The monoisotopic (exact) mass is 232 g/mol. The summed E-state index contributed by atoms with van der Waals surface area (Å²) in [4.78, 5) is 5.75. The molecule has 0 aliphatic carbocycles. The summed E-state index contributed by atoms with van der Waals surface area (Å²) in [7, 11) is 0. The zero-order chi connectivity index (χ0) is 10.6. The minimum atomic E-state index is 0.233. The Labute approximate surface area is 94.7 Å². The van der Waals surface area contributed by atoms with Crippen molar-refractivity contribution in [1.29, 1.82) is 0 Å². The lowest BCUT2D eigenvalue weighted by Crippen LogP contribution is -2.22. The number of rotatable bonds is 5. The largest absolute Gasteiger partial charge is 0.309 e. The predicted octanol–water partition coefficient (Wildman–Crippen LogP) is 2.87. The number of thiazole rings is 1. The molecule has 14 heavy (non-hydrogen) atoms. The van der Waals surface area contributed by atoms with E-state index >= 15 is 0 Å². The summed E-state index contributed by atoms with van der Waals surface area (Å²) in [6.45, 7) is 7.94. The predicted molar refractivity (Wildman–Crippen MR) is 63.2 cm³/mol. The van der Waals surface area contributed by atoms with Crippen LogP contribution in [0.25, 0.3) is 0 Å². The molecule has 0 aliphatic heterocycles. The Bertz CT molecular complexity index is 266. The van der Waals surface area contributed by atoms with Crippen molar-refractivity contribution in [2.24, 2.45) is 0 Å². The maximum Gasteiger partial charge on any atom is 0.107 e. The van der Waals surface area contributed by atoms with Gasteiger partial charge in [0.15, 0.2) is 0 Å². The highest BCUT2D eigenvalue weighted by Crippen LogP contribution is 2.15. The van der Waals surface area contributed by atoms with Crippen LogP contribution in [0.15, 0.2) is 0 Å². The van der Waals surface area contributed by atoms with Crippen molar-refractivity contribution in [3.63, 3.8) is 0 Å². The molecule has 1 aromatic rings. The molecule has 0 radical (unpaired) electrons. The van der Waals surface area contributed by atoms with Crippen LogP contribution in [-0.2, 0) is 6.54 Å². The molecule has 0 aromatic carbocycles. The Morgan fingerprint density at radius 2 is 2.21 bits per heavy atom. The lowest BCUT2D eigenvalue weighted by molar-refractivity contribution is 0.645. The molecule has 0 saturated carbocycles. The maximum absolute atomic E-state index is 5.99. The molecule has 1 heterocycles. The molecule has 0 amide bonds. The Hall–Kier alpha value is -0.120. The van der Waals surface area contributed by atoms with Gasteiger partial charge >= 0.3 is 0 Å². The van der Waals surface area contributed by atoms with Crippen LogP contribution in [0.2, 0.25) is 0 Å². The van der Waals surface area contributed by atoms with Gasteiger partial charge in [-0.15, -0.1) is 22.9 Å². The zero-order valence-electron chi connectivity index (χ0n) is 8.93. The van der Waals surface area contributed by atoms with Gasteiger partial charge in [0.25, 0.3) is 0 Å². The molecule has 2 nitrogen and oxygen atoms in total. The molecule has 1 aromatic heterocycles. The van der Waals surface area contributed by atoms with E-state index in [-0.39, 0.29) is 5.38 Å². The van der Waals surface area contributed by atoms with Gasteiger partial charge < -0.3 is 5.32 Å². The van der Waals surface area contributed by atoms with Crippen molar-refractivity contribution >= 4 is 22.9 Å². The molecule has 1 rings (SSSR count). The first-order chi connectivity index (χ1) is 6.63. The lowest BCUT2D eigenvalue weighted by atomic mass is 10.3. The third-order valence-electron chi connectivity index (χ3n) is 2.16. The summed E-state index contributed by atoms with van der Waals surface area (Å²) in [5.41, 5.74) is 1.14. The topological polar surface area (TPSA) is 24.9 Å². The smallest absolute Gasteiger partial charge is 0.107 e. The minimum absolute atomic E-state index is 0.233. The van der Waals surface area contributed by atoms with Gasteiger partial charge in [0.1, 0.15) is 5.01 Å². The standard InChI is InChI=1S/C10H17ClN2S/c1-4-9(11)5-12-6-10-13-7(2)8(3)14-10/h9,12H,4-6H2,1-3H3. The van der Waals surface area contributed by atoms with Crippen LogP contribution >= 0.6 is 22.9 Å². The van der Waals surface area contributed by atoms with Gasteiger partial charge in [0.2, 0.25) is 0 Å². The highest BCUT2D eigenvalue weighted by molar-refractivity contribution is 7.11. The number of hydrogen-bond donors (Lipinski definition) is 1. The van der Waals surface area contributed by atoms with Crippen LogP contribution in [-0.4, -0.2) is 16.9 Å². The molecular weight excluding hydrogens is 216 g/mol. The number of alkyl halides is 1. The summed E-state index contributed by atoms with van der Waals surface area (Å²) in [6, 6.07) is 0. The first-order valence-corrected chi connectivity index (χ1v) is 6.16. The quantitative estimate of drug-likeness (QED) is 0.790. The van der Waals surface area contributed by atoms with Crippen LogP contribution in [0.1, 0.15) is 28.9 Å². The van der Waals surface area contributed by atoms with E-state index < -0.39 is 0 Å². The molecule has 1 atom stereocenters. The fourth-order valence-electron chi connectivity index (χ4n) is 1.09. The third kappa shape index (κ3) is 3.56. The summed E-state index contributed by atoms with van der Waals surface area (Å²) >= 11 is 7.75. The van der Waals surface area contributed by atoms with E-state index in [1.54, 1.807) is 11.3 Å². The summed E-state index contributed by atoms with van der Waals surface area (Å²) in [5, 5.41) is 4.70. The van der Waals surface area contributed by atoms with E-state index in [9.17, 15) is 0 Å². The van der Waals surface area contributed by atoms with Crippen molar-refractivity contribution in [2.75, 3.05) is 6.54 Å². The SMILES string of the molecule is CCC(Cl)CNCc1nc(C)c(C)s1. The molecule has 0 bridgehead atoms. The zero-order valence-corrected chi connectivity index (χ0v) is 10.5. The van der Waals surface area contributed by atoms with Gasteiger partial charge in [-0.2, -0.15) is 0 Å². The summed E-state index contributed by atoms with van der Waals surface area (Å²) in [6.07, 6.45) is 1.00. The van der Waals surface area contributed by atoms with Gasteiger partial charge in [-0.25, -0.2) is 4.98 Å². The number of halogens is 1. The Morgan fingerprint density at radius 3 is 2.71 bits per heavy atom. The van der Waals surface area contributed by atoms with Gasteiger partial charge in [0, 0.05) is 23.3 Å². The second-order valence-corrected chi connectivity index (χ2v) is 5.29. The Kier molecular flexibility index (Phi) is 4.85. The van der Waals surface area contributed by atoms with E-state index in [4.69, 9.17) is 11.6 Å². The second kappa shape index (κ2) is 5.69. The van der Waals surface area contributed by atoms with Gasteiger partial charge in [-0.3, -0.25) is 0 Å². The molecule has 1 unspecified atom stereocenters. The van der Waals surface area contributed by atoms with Crippen molar-refractivity contribution in [1.82, 2.24) is 10.3 Å². The number of nitrogens with one attached hydrogen (secondary N) is 1. The van der Waals surface area contributed by atoms with Crippen LogP contribution < -0.4 is 5.32 Å². The maximum atomic E-state index is 5.99. The van der Waals surface area contributed by atoms with Crippen molar-refractivity contribution < 1.29 is 0 Å². The third-order valence-corrected chi connectivity index (χ3v) is 3.69. The van der Waals surface area contributed by atoms with Gasteiger partial charge in [-0.1, -0.05) is 6.92 Å². The minimum Gasteiger partial charge on any atom is -0.309 e. The summed E-state index contributed by atoms with van der Waals surface area (Å²) < 4.78 is 0. The van der Waals surface area contributed by atoms with Gasteiger partial charge in [0.05, 0.1) is 5.69 Å². The van der Waals surface area contributed by atoms with E-state index in [2.05, 4.69) is 24.1 Å². The van der Waals surface area contributed by atoms with Crippen molar-refractivity contribution in [2.45, 2.75) is 39.1 Å². The molecule has 0 saturated heterocycles. The molecule has 0 aliphatic rings. The average molecular weight is 233 g/mol. The van der Waals surface area contributed by atoms with E-state index in [1.165, 1.54) is 4.88 Å². The summed E-state index contributed by atoms with van der Waals surface area (Å²) in [5.74, 6) is 0. The molecular formula is C10H17ClN2S. The molecule has 80 valence electrons. The fourth-order valence-corrected chi connectivity index (χ4v) is 2.11. The van der Waals surface area contributed by atoms with E-state index in [0.29, 0.717) is 0 Å². The Balaban J connectivity index is 2.31. The molecule has 0 fully saturated rings. The van der Waals surface area contributed by atoms with Crippen molar-refractivity contribution in [3.05, 3.63) is 15.6 Å². The van der Waals surface area contributed by atoms with Crippen LogP contribution in [0.3, 0.4) is 0 Å². The number of aryl methyl sites for hydroxylation is 2.